The highest BCUT2D eigenvalue weighted by Crippen LogP contribution is 2.02. The van der Waals surface area contributed by atoms with E-state index >= 15 is 0 Å². The van der Waals surface area contributed by atoms with Crippen molar-refractivity contribution in [2.24, 2.45) is 0 Å². The number of terminal acetylenes is 1. The van der Waals surface area contributed by atoms with Crippen molar-refractivity contribution in [1.82, 2.24) is 9.97 Å². The van der Waals surface area contributed by atoms with Crippen LogP contribution in [-0.4, -0.2) is 16.5 Å². The Morgan fingerprint density at radius 3 is 2.75 bits per heavy atom. The minimum atomic E-state index is 0.630. The Balaban J connectivity index is 2.43. The van der Waals surface area contributed by atoms with Crippen LogP contribution in [0.25, 0.3) is 0 Å². The van der Waals surface area contributed by atoms with Gasteiger partial charge >= 0.3 is 0 Å². The van der Waals surface area contributed by atoms with Gasteiger partial charge in [-0.1, -0.05) is 0 Å². The molecule has 0 atom stereocenters. The molecule has 1 rings (SSSR count). The molecule has 0 bridgehead atoms. The van der Waals surface area contributed by atoms with E-state index in [-0.39, 0.29) is 0 Å². The van der Waals surface area contributed by atoms with Gasteiger partial charge in [0, 0.05) is 28.9 Å². The van der Waals surface area contributed by atoms with E-state index in [0.717, 1.165) is 10.1 Å². The second kappa shape index (κ2) is 4.93. The molecule has 0 saturated carbocycles. The average molecular weight is 273 g/mol. The van der Waals surface area contributed by atoms with Gasteiger partial charge in [0.1, 0.15) is 0 Å². The number of anilines is 1. The molecule has 0 aliphatic heterocycles. The summed E-state index contributed by atoms with van der Waals surface area (Å²) in [6.07, 6.45) is 9.29. The van der Waals surface area contributed by atoms with Crippen LogP contribution in [0.4, 0.5) is 5.95 Å². The summed E-state index contributed by atoms with van der Waals surface area (Å²) in [7, 11) is 0. The van der Waals surface area contributed by atoms with Gasteiger partial charge in [0.15, 0.2) is 0 Å². The van der Waals surface area contributed by atoms with E-state index < -0.39 is 0 Å². The lowest BCUT2D eigenvalue weighted by molar-refractivity contribution is 1.03. The molecule has 0 saturated heterocycles. The molecule has 4 heteroatoms. The van der Waals surface area contributed by atoms with Crippen LogP contribution in [0.1, 0.15) is 6.42 Å². The van der Waals surface area contributed by atoms with Crippen molar-refractivity contribution in [2.45, 2.75) is 6.42 Å². The first kappa shape index (κ1) is 9.26. The fourth-order valence-electron chi connectivity index (χ4n) is 0.650. The summed E-state index contributed by atoms with van der Waals surface area (Å²) in [6.45, 7) is 0.719. The third kappa shape index (κ3) is 3.05. The maximum Gasteiger partial charge on any atom is 0.222 e. The average Bonchev–Trinajstić information content (AvgIpc) is 2.09. The van der Waals surface area contributed by atoms with E-state index in [4.69, 9.17) is 6.42 Å². The topological polar surface area (TPSA) is 37.8 Å². The molecule has 62 valence electrons. The van der Waals surface area contributed by atoms with Gasteiger partial charge in [0.25, 0.3) is 0 Å². The Morgan fingerprint density at radius 2 is 2.17 bits per heavy atom. The van der Waals surface area contributed by atoms with E-state index in [1.165, 1.54) is 0 Å². The van der Waals surface area contributed by atoms with Crippen molar-refractivity contribution in [1.29, 1.82) is 0 Å². The molecular formula is C8H8IN3. The van der Waals surface area contributed by atoms with Crippen molar-refractivity contribution >= 4 is 28.5 Å². The summed E-state index contributed by atoms with van der Waals surface area (Å²) in [5.41, 5.74) is 0. The van der Waals surface area contributed by atoms with Gasteiger partial charge in [-0.2, -0.15) is 0 Å². The minimum absolute atomic E-state index is 0.630. The first-order valence-electron chi connectivity index (χ1n) is 3.48. The van der Waals surface area contributed by atoms with Gasteiger partial charge < -0.3 is 5.32 Å². The Hall–Kier alpha value is -0.830. The molecule has 3 nitrogen and oxygen atoms in total. The van der Waals surface area contributed by atoms with Gasteiger partial charge in [-0.3, -0.25) is 0 Å². The normalized spacial score (nSPS) is 9.00. The predicted molar refractivity (Wildman–Crippen MR) is 56.7 cm³/mol. The zero-order chi connectivity index (χ0) is 8.81. The van der Waals surface area contributed by atoms with Gasteiger partial charge in [-0.25, -0.2) is 9.97 Å². The van der Waals surface area contributed by atoms with Gasteiger partial charge in [0.05, 0.1) is 0 Å². The zero-order valence-corrected chi connectivity index (χ0v) is 8.58. The number of hydrogen-bond donors (Lipinski definition) is 1. The highest BCUT2D eigenvalue weighted by atomic mass is 127. The fourth-order valence-corrected chi connectivity index (χ4v) is 0.929. The molecule has 0 aliphatic carbocycles. The summed E-state index contributed by atoms with van der Waals surface area (Å²) < 4.78 is 1.02. The molecule has 1 aromatic rings. The van der Waals surface area contributed by atoms with Crippen molar-refractivity contribution in [2.75, 3.05) is 11.9 Å². The Kier molecular flexibility index (Phi) is 3.80. The molecule has 0 aromatic carbocycles. The van der Waals surface area contributed by atoms with Crippen LogP contribution in [0.5, 0.6) is 0 Å². The number of nitrogens with zero attached hydrogens (tertiary/aromatic N) is 2. The summed E-state index contributed by atoms with van der Waals surface area (Å²) >= 11 is 2.16. The number of halogens is 1. The molecule has 0 aliphatic rings. The molecule has 0 spiro atoms. The van der Waals surface area contributed by atoms with Crippen molar-refractivity contribution in [3.8, 4) is 12.3 Å². The van der Waals surface area contributed by atoms with Crippen LogP contribution in [0.2, 0.25) is 0 Å². The lowest BCUT2D eigenvalue weighted by Crippen LogP contribution is -2.04. The van der Waals surface area contributed by atoms with Crippen LogP contribution in [0.3, 0.4) is 0 Å². The molecule has 1 N–H and O–H groups in total. The predicted octanol–water partition coefficient (Wildman–Crippen LogP) is 1.52. The van der Waals surface area contributed by atoms with Crippen LogP contribution < -0.4 is 5.32 Å². The molecule has 0 amide bonds. The summed E-state index contributed by atoms with van der Waals surface area (Å²) in [5.74, 6) is 3.16. The minimum Gasteiger partial charge on any atom is -0.353 e. The van der Waals surface area contributed by atoms with Crippen LogP contribution in [-0.2, 0) is 0 Å². The van der Waals surface area contributed by atoms with Crippen LogP contribution in [0.15, 0.2) is 12.4 Å². The second-order valence-electron chi connectivity index (χ2n) is 2.11. The largest absolute Gasteiger partial charge is 0.353 e. The quantitative estimate of drug-likeness (QED) is 0.515. The molecule has 1 aromatic heterocycles. The van der Waals surface area contributed by atoms with Crippen LogP contribution in [0, 0.1) is 15.9 Å². The summed E-state index contributed by atoms with van der Waals surface area (Å²) in [5, 5.41) is 3.00. The third-order valence-electron chi connectivity index (χ3n) is 1.17. The third-order valence-corrected chi connectivity index (χ3v) is 1.73. The van der Waals surface area contributed by atoms with Crippen molar-refractivity contribution in [3.63, 3.8) is 0 Å². The van der Waals surface area contributed by atoms with E-state index in [9.17, 15) is 0 Å². The Bertz CT molecular complexity index is 275. The molecule has 0 radical (unpaired) electrons. The molecule has 0 unspecified atom stereocenters. The molecule has 1 heterocycles. The number of hydrogen-bond acceptors (Lipinski definition) is 3. The SMILES string of the molecule is C#CCCNc1ncc(I)cn1. The smallest absolute Gasteiger partial charge is 0.222 e. The summed E-state index contributed by atoms with van der Waals surface area (Å²) in [6, 6.07) is 0. The standard InChI is InChI=1S/C8H8IN3/c1-2-3-4-10-8-11-5-7(9)6-12-8/h1,5-6H,3-4H2,(H,10,11,12). The van der Waals surface area contributed by atoms with E-state index in [1.807, 2.05) is 0 Å². The van der Waals surface area contributed by atoms with E-state index in [2.05, 4.69) is 43.8 Å². The van der Waals surface area contributed by atoms with Crippen molar-refractivity contribution < 1.29 is 0 Å². The summed E-state index contributed by atoms with van der Waals surface area (Å²) in [4.78, 5) is 8.10. The first-order valence-corrected chi connectivity index (χ1v) is 4.55. The second-order valence-corrected chi connectivity index (χ2v) is 3.35. The Labute approximate surface area is 85.1 Å². The molecule has 12 heavy (non-hydrogen) atoms. The number of nitrogens with one attached hydrogen (secondary N) is 1. The lowest BCUT2D eigenvalue weighted by atomic mass is 10.4. The maximum absolute atomic E-state index is 5.08. The highest BCUT2D eigenvalue weighted by Gasteiger charge is 1.92. The van der Waals surface area contributed by atoms with E-state index in [1.54, 1.807) is 12.4 Å². The molecular weight excluding hydrogens is 265 g/mol. The fraction of sp³-hybridized carbons (Fsp3) is 0.250. The van der Waals surface area contributed by atoms with Gasteiger partial charge in [-0.15, -0.1) is 12.3 Å². The Morgan fingerprint density at radius 1 is 1.50 bits per heavy atom. The monoisotopic (exact) mass is 273 g/mol. The van der Waals surface area contributed by atoms with Crippen molar-refractivity contribution in [3.05, 3.63) is 16.0 Å². The maximum atomic E-state index is 5.08. The van der Waals surface area contributed by atoms with Gasteiger partial charge in [0.2, 0.25) is 5.95 Å². The zero-order valence-electron chi connectivity index (χ0n) is 6.42. The number of rotatable bonds is 3. The molecule has 0 fully saturated rings. The van der Waals surface area contributed by atoms with Crippen LogP contribution >= 0.6 is 22.6 Å². The lowest BCUT2D eigenvalue weighted by Gasteiger charge is -2.00. The number of aromatic nitrogens is 2. The first-order chi connectivity index (χ1) is 5.83. The highest BCUT2D eigenvalue weighted by molar-refractivity contribution is 14.1. The van der Waals surface area contributed by atoms with E-state index in [0.29, 0.717) is 12.4 Å². The van der Waals surface area contributed by atoms with Gasteiger partial charge in [-0.05, 0) is 22.6 Å².